The van der Waals surface area contributed by atoms with Gasteiger partial charge in [-0.2, -0.15) is 0 Å². The van der Waals surface area contributed by atoms with E-state index in [2.05, 4.69) is 26.8 Å². The minimum Gasteiger partial charge on any atom is -0.396 e. The van der Waals surface area contributed by atoms with Crippen molar-refractivity contribution in [1.82, 2.24) is 0 Å². The van der Waals surface area contributed by atoms with Gasteiger partial charge in [-0.25, -0.2) is 0 Å². The summed E-state index contributed by atoms with van der Waals surface area (Å²) in [4.78, 5) is 0. The summed E-state index contributed by atoms with van der Waals surface area (Å²) in [5.41, 5.74) is -0.255. The SMILES string of the molecule is C[C@@H]1[C@@]2(CC[C@@H](CO)CO2)O[C@H]2C[C@H]3[C@@H]4CC=C5C[C@@H](O[C@@H]6O[C@H](CO)[C@@H](O[C@@H]7O[C@H](CO)[C@@H](O)[C@H](O)[C@H]7O[C@@H]7O[C@H](CO)[C@@H](O)[C@H](O)[C@H]7O)[C@H](O)[C@H]6O)CC[C@]5(C)[C@H]4CC[C@]3(C)[C@]21O. The zero-order valence-electron chi connectivity index (χ0n) is 37.3. The van der Waals surface area contributed by atoms with Crippen molar-refractivity contribution in [2.45, 2.75) is 194 Å². The molecule has 5 saturated heterocycles. The highest BCUT2D eigenvalue weighted by Gasteiger charge is 2.76. The van der Waals surface area contributed by atoms with E-state index in [1.54, 1.807) is 0 Å². The summed E-state index contributed by atoms with van der Waals surface area (Å²) in [5, 5.41) is 128. The minimum atomic E-state index is -1.91. The number of ether oxygens (including phenoxy) is 8. The molecule has 65 heavy (non-hydrogen) atoms. The van der Waals surface area contributed by atoms with Gasteiger partial charge in [-0.1, -0.05) is 32.4 Å². The van der Waals surface area contributed by atoms with Crippen LogP contribution in [0.15, 0.2) is 11.6 Å². The molecule has 0 bridgehead atoms. The Balaban J connectivity index is 0.853. The van der Waals surface area contributed by atoms with Crippen LogP contribution in [0.3, 0.4) is 0 Å². The van der Waals surface area contributed by atoms with Gasteiger partial charge in [-0.3, -0.25) is 0 Å². The van der Waals surface area contributed by atoms with Crippen LogP contribution >= 0.6 is 0 Å². The van der Waals surface area contributed by atoms with Crippen molar-refractivity contribution >= 4 is 0 Å². The first kappa shape index (κ1) is 48.9. The zero-order valence-corrected chi connectivity index (χ0v) is 37.3. The second-order valence-electron chi connectivity index (χ2n) is 21.1. The molecule has 0 aromatic heterocycles. The van der Waals surface area contributed by atoms with E-state index in [1.807, 2.05) is 0 Å². The lowest BCUT2D eigenvalue weighted by molar-refractivity contribution is -0.390. The molecule has 9 aliphatic rings. The average Bonchev–Trinajstić information content (AvgIpc) is 3.65. The van der Waals surface area contributed by atoms with Crippen LogP contribution in [0.4, 0.5) is 0 Å². The summed E-state index contributed by atoms with van der Waals surface area (Å²) in [6.07, 6.45) is -16.6. The molecule has 0 radical (unpaired) electrons. The summed E-state index contributed by atoms with van der Waals surface area (Å²) in [7, 11) is 0. The fourth-order valence-electron chi connectivity index (χ4n) is 14.1. The van der Waals surface area contributed by atoms with Gasteiger partial charge >= 0.3 is 0 Å². The molecule has 1 spiro atoms. The van der Waals surface area contributed by atoms with Crippen molar-refractivity contribution in [2.75, 3.05) is 33.0 Å². The standard InChI is InChI=1S/C45H72O20/c1-19-44(11-6-20(14-46)18-58-44)65-29-13-25-23-5-4-21-12-22(7-9-42(21,2)24(23)8-10-43(25,3)45(19,29)57)59-39-36(56)34(54)37(28(17-49)62-39)63-41-38(33(53)31(51)27(16-48)61-41)64-40-35(55)32(52)30(50)26(15-47)60-40/h4,19-20,22-41,46-57H,5-18H2,1-3H3/t19-,20+,22+,23-,24+,25+,26-,27-,28-,29+,30-,31-,32+,33+,34-,35-,36-,37-,38-,39-,40+,41+,42+,43+,44-,45-/m1/s1. The summed E-state index contributed by atoms with van der Waals surface area (Å²) < 4.78 is 48.5. The number of hydrogen-bond acceptors (Lipinski definition) is 20. The number of fused-ring (bicyclic) bond motifs is 7. The third-order valence-corrected chi connectivity index (χ3v) is 18.1. The van der Waals surface area contributed by atoms with Crippen LogP contribution in [-0.2, 0) is 37.9 Å². The molecule has 5 heterocycles. The van der Waals surface area contributed by atoms with Gasteiger partial charge in [0.2, 0.25) is 0 Å². The molecule has 372 valence electrons. The molecule has 26 atom stereocenters. The van der Waals surface area contributed by atoms with Crippen LogP contribution in [-0.4, -0.2) is 210 Å². The quantitative estimate of drug-likeness (QED) is 0.0990. The summed E-state index contributed by atoms with van der Waals surface area (Å²) >= 11 is 0. The van der Waals surface area contributed by atoms with E-state index in [9.17, 15) is 61.3 Å². The lowest BCUT2D eigenvalue weighted by Crippen LogP contribution is -2.67. The molecule has 0 aromatic rings. The number of rotatable bonds is 10. The maximum Gasteiger partial charge on any atom is 0.187 e. The van der Waals surface area contributed by atoms with Crippen molar-refractivity contribution in [2.24, 2.45) is 40.4 Å². The van der Waals surface area contributed by atoms with E-state index < -0.39 is 129 Å². The topological polar surface area (TPSA) is 317 Å². The molecule has 4 aliphatic carbocycles. The van der Waals surface area contributed by atoms with Crippen LogP contribution in [0.2, 0.25) is 0 Å². The predicted molar refractivity (Wildman–Crippen MR) is 218 cm³/mol. The average molecular weight is 933 g/mol. The highest BCUT2D eigenvalue weighted by atomic mass is 16.8. The molecular weight excluding hydrogens is 860 g/mol. The molecule has 12 N–H and O–H groups in total. The van der Waals surface area contributed by atoms with Crippen molar-refractivity contribution in [1.29, 1.82) is 0 Å². The smallest absolute Gasteiger partial charge is 0.187 e. The van der Waals surface area contributed by atoms with Crippen molar-refractivity contribution in [3.8, 4) is 0 Å². The monoisotopic (exact) mass is 932 g/mol. The van der Waals surface area contributed by atoms with E-state index in [4.69, 9.17) is 37.9 Å². The molecule has 0 aromatic carbocycles. The molecular formula is C45H72O20. The molecule has 3 saturated carbocycles. The zero-order chi connectivity index (χ0) is 46.5. The van der Waals surface area contributed by atoms with E-state index >= 15 is 0 Å². The molecule has 5 aliphatic heterocycles. The van der Waals surface area contributed by atoms with Crippen molar-refractivity contribution < 1.29 is 99.2 Å². The molecule has 20 heteroatoms. The number of aliphatic hydroxyl groups excluding tert-OH is 11. The Labute approximate surface area is 377 Å². The maximum atomic E-state index is 12.8. The Hall–Kier alpha value is -1.06. The third kappa shape index (κ3) is 7.73. The predicted octanol–water partition coefficient (Wildman–Crippen LogP) is -2.73. The van der Waals surface area contributed by atoms with E-state index in [0.717, 1.165) is 38.5 Å². The van der Waals surface area contributed by atoms with Gasteiger partial charge < -0.3 is 99.2 Å². The Kier molecular flexibility index (Phi) is 13.8. The first-order valence-electron chi connectivity index (χ1n) is 23.8. The summed E-state index contributed by atoms with van der Waals surface area (Å²) in [6.45, 7) is 4.87. The molecule has 0 amide bonds. The van der Waals surface area contributed by atoms with Crippen molar-refractivity contribution in [3.63, 3.8) is 0 Å². The van der Waals surface area contributed by atoms with E-state index in [-0.39, 0.29) is 41.3 Å². The second kappa shape index (κ2) is 18.3. The Morgan fingerprint density at radius 2 is 1.26 bits per heavy atom. The van der Waals surface area contributed by atoms with Gasteiger partial charge in [-0.05, 0) is 74.5 Å². The van der Waals surface area contributed by atoms with Crippen LogP contribution in [0.5, 0.6) is 0 Å². The van der Waals surface area contributed by atoms with Gasteiger partial charge in [0.1, 0.15) is 78.8 Å². The fraction of sp³-hybridized carbons (Fsp3) is 0.956. The lowest BCUT2D eigenvalue weighted by atomic mass is 9.46. The largest absolute Gasteiger partial charge is 0.396 e. The van der Waals surface area contributed by atoms with Crippen molar-refractivity contribution in [3.05, 3.63) is 11.6 Å². The first-order valence-corrected chi connectivity index (χ1v) is 23.8. The molecule has 0 unspecified atom stereocenters. The van der Waals surface area contributed by atoms with Crippen LogP contribution in [0, 0.1) is 40.4 Å². The Morgan fingerprint density at radius 1 is 0.646 bits per heavy atom. The van der Waals surface area contributed by atoms with Crippen LogP contribution < -0.4 is 0 Å². The third-order valence-electron chi connectivity index (χ3n) is 18.1. The summed E-state index contributed by atoms with van der Waals surface area (Å²) in [6, 6.07) is 0. The fourth-order valence-corrected chi connectivity index (χ4v) is 14.1. The molecule has 8 fully saturated rings. The highest BCUT2D eigenvalue weighted by molar-refractivity contribution is 5.29. The highest BCUT2D eigenvalue weighted by Crippen LogP contribution is 2.72. The molecule has 9 rings (SSSR count). The van der Waals surface area contributed by atoms with E-state index in [0.29, 0.717) is 37.7 Å². The van der Waals surface area contributed by atoms with Gasteiger partial charge in [-0.15, -0.1) is 0 Å². The first-order chi connectivity index (χ1) is 30.9. The Morgan fingerprint density at radius 3 is 1.92 bits per heavy atom. The Bertz CT molecular complexity index is 1700. The van der Waals surface area contributed by atoms with E-state index in [1.165, 1.54) is 5.57 Å². The van der Waals surface area contributed by atoms with Gasteiger partial charge in [0, 0.05) is 30.3 Å². The lowest BCUT2D eigenvalue weighted by Gasteiger charge is -2.60. The summed E-state index contributed by atoms with van der Waals surface area (Å²) in [5.74, 6) is 0.00208. The van der Waals surface area contributed by atoms with Crippen LogP contribution in [0.1, 0.15) is 78.6 Å². The normalized spacial score (nSPS) is 56.7. The van der Waals surface area contributed by atoms with Gasteiger partial charge in [0.05, 0.1) is 38.6 Å². The number of allylic oxidation sites excluding steroid dienone is 1. The number of aliphatic hydroxyl groups is 12. The number of hydrogen-bond donors (Lipinski definition) is 12. The van der Waals surface area contributed by atoms with Crippen LogP contribution in [0.25, 0.3) is 0 Å². The minimum absolute atomic E-state index is 0.0760. The van der Waals surface area contributed by atoms with Gasteiger partial charge in [0.25, 0.3) is 0 Å². The molecule has 20 nitrogen and oxygen atoms in total. The maximum absolute atomic E-state index is 12.8. The second-order valence-corrected chi connectivity index (χ2v) is 21.1. The van der Waals surface area contributed by atoms with Gasteiger partial charge in [0.15, 0.2) is 24.7 Å².